The molecule has 2 aromatic carbocycles. The molecule has 0 radical (unpaired) electrons. The molecular weight excluding hydrogens is 364 g/mol. The van der Waals surface area contributed by atoms with Gasteiger partial charge in [-0.1, -0.05) is 35.9 Å². The molecular formula is C23H18N4O2. The predicted molar refractivity (Wildman–Crippen MR) is 108 cm³/mol. The molecule has 0 aliphatic carbocycles. The molecule has 2 N–H and O–H groups in total. The minimum atomic E-state index is -1.19. The Hall–Kier alpha value is -3.98. The van der Waals surface area contributed by atoms with E-state index in [1.165, 1.54) is 0 Å². The van der Waals surface area contributed by atoms with Crippen LogP contribution in [0.5, 0.6) is 11.6 Å². The maximum Gasteiger partial charge on any atom is 0.232 e. The van der Waals surface area contributed by atoms with Gasteiger partial charge in [-0.2, -0.15) is 10.4 Å². The summed E-state index contributed by atoms with van der Waals surface area (Å²) in [7, 11) is 0. The number of aryl methyl sites for hydroxylation is 2. The van der Waals surface area contributed by atoms with Gasteiger partial charge in [-0.25, -0.2) is 4.68 Å². The zero-order valence-corrected chi connectivity index (χ0v) is 16.0. The highest BCUT2D eigenvalue weighted by Crippen LogP contribution is 2.50. The van der Waals surface area contributed by atoms with Crippen molar-refractivity contribution in [3.05, 3.63) is 88.4 Å². The Balaban J connectivity index is 1.77. The van der Waals surface area contributed by atoms with E-state index in [2.05, 4.69) is 11.2 Å². The van der Waals surface area contributed by atoms with Gasteiger partial charge in [-0.05, 0) is 44.2 Å². The van der Waals surface area contributed by atoms with Crippen LogP contribution in [0.1, 0.15) is 22.4 Å². The summed E-state index contributed by atoms with van der Waals surface area (Å²) in [4.78, 5) is 0. The summed E-state index contributed by atoms with van der Waals surface area (Å²) in [5, 5.41) is 14.6. The Bertz CT molecular complexity index is 1250. The molecule has 0 fully saturated rings. The molecule has 3 aromatic rings. The summed E-state index contributed by atoms with van der Waals surface area (Å²) in [6, 6.07) is 17.8. The van der Waals surface area contributed by atoms with Gasteiger partial charge in [0, 0.05) is 5.56 Å². The molecule has 6 heteroatoms. The SMILES string of the molecule is Cc1ccc2c(c1)C=CC1(O2)C(C#N)=C(N)Oc2c1c(C)nn2-c1ccccc1. The quantitative estimate of drug-likeness (QED) is 0.690. The molecule has 6 nitrogen and oxygen atoms in total. The molecule has 5 rings (SSSR count). The molecule has 1 unspecified atom stereocenters. The van der Waals surface area contributed by atoms with Gasteiger partial charge in [0.25, 0.3) is 0 Å². The van der Waals surface area contributed by atoms with Crippen LogP contribution >= 0.6 is 0 Å². The topological polar surface area (TPSA) is 86.1 Å². The summed E-state index contributed by atoms with van der Waals surface area (Å²) in [5.74, 6) is 1.14. The average molecular weight is 382 g/mol. The fraction of sp³-hybridized carbons (Fsp3) is 0.130. The van der Waals surface area contributed by atoms with Crippen LogP contribution in [0.4, 0.5) is 0 Å². The molecule has 0 amide bonds. The minimum Gasteiger partial charge on any atom is -0.472 e. The van der Waals surface area contributed by atoms with Crippen LogP contribution in [0, 0.1) is 25.2 Å². The lowest BCUT2D eigenvalue weighted by molar-refractivity contribution is 0.140. The molecule has 2 aliphatic rings. The van der Waals surface area contributed by atoms with Gasteiger partial charge in [0.05, 0.1) is 16.9 Å². The highest BCUT2D eigenvalue weighted by molar-refractivity contribution is 5.68. The monoisotopic (exact) mass is 382 g/mol. The van der Waals surface area contributed by atoms with E-state index >= 15 is 0 Å². The van der Waals surface area contributed by atoms with Crippen molar-refractivity contribution in [1.82, 2.24) is 9.78 Å². The first kappa shape index (κ1) is 17.1. The number of hydrogen-bond donors (Lipinski definition) is 1. The number of nitriles is 1. The zero-order valence-electron chi connectivity index (χ0n) is 16.0. The Morgan fingerprint density at radius 2 is 1.93 bits per heavy atom. The van der Waals surface area contributed by atoms with E-state index in [0.29, 0.717) is 22.9 Å². The van der Waals surface area contributed by atoms with E-state index in [1.807, 2.05) is 74.5 Å². The number of aromatic nitrogens is 2. The number of nitrogens with two attached hydrogens (primary N) is 1. The molecule has 1 spiro atoms. The van der Waals surface area contributed by atoms with Crippen LogP contribution in [-0.2, 0) is 5.60 Å². The van der Waals surface area contributed by atoms with Crippen molar-refractivity contribution < 1.29 is 9.47 Å². The molecule has 0 bridgehead atoms. The van der Waals surface area contributed by atoms with E-state index in [9.17, 15) is 5.26 Å². The zero-order chi connectivity index (χ0) is 20.2. The van der Waals surface area contributed by atoms with E-state index in [-0.39, 0.29) is 11.5 Å². The first-order valence-electron chi connectivity index (χ1n) is 9.26. The van der Waals surface area contributed by atoms with Gasteiger partial charge >= 0.3 is 0 Å². The van der Waals surface area contributed by atoms with Gasteiger partial charge in [0.2, 0.25) is 11.8 Å². The van der Waals surface area contributed by atoms with Crippen molar-refractivity contribution >= 4 is 6.08 Å². The molecule has 1 atom stereocenters. The number of nitrogens with zero attached hydrogens (tertiary/aromatic N) is 3. The van der Waals surface area contributed by atoms with E-state index in [1.54, 1.807) is 4.68 Å². The van der Waals surface area contributed by atoms with Gasteiger partial charge in [-0.3, -0.25) is 0 Å². The standard InChI is InChI=1S/C23H18N4O2/c1-14-8-9-19-16(12-14)10-11-23(29-19)18(13-24)21(25)28-22-20(23)15(2)26-27(22)17-6-4-3-5-7-17/h3-12H,25H2,1-2H3. The molecule has 142 valence electrons. The number of para-hydroxylation sites is 1. The number of fused-ring (bicyclic) bond motifs is 3. The fourth-order valence-electron chi connectivity index (χ4n) is 3.95. The summed E-state index contributed by atoms with van der Waals surface area (Å²) in [6.45, 7) is 3.90. The average Bonchev–Trinajstić information content (AvgIpc) is 3.06. The largest absolute Gasteiger partial charge is 0.472 e. The smallest absolute Gasteiger partial charge is 0.232 e. The van der Waals surface area contributed by atoms with Crippen molar-refractivity contribution in [2.24, 2.45) is 5.73 Å². The summed E-state index contributed by atoms with van der Waals surface area (Å²) >= 11 is 0. The van der Waals surface area contributed by atoms with Gasteiger partial charge in [0.15, 0.2) is 5.60 Å². The van der Waals surface area contributed by atoms with Crippen molar-refractivity contribution in [2.45, 2.75) is 19.4 Å². The maximum absolute atomic E-state index is 9.90. The molecule has 3 heterocycles. The Morgan fingerprint density at radius 3 is 2.69 bits per heavy atom. The van der Waals surface area contributed by atoms with Crippen molar-refractivity contribution in [3.63, 3.8) is 0 Å². The number of hydrogen-bond acceptors (Lipinski definition) is 5. The number of benzene rings is 2. The summed E-state index contributed by atoms with van der Waals surface area (Å²) < 4.78 is 14.1. The molecule has 2 aliphatic heterocycles. The van der Waals surface area contributed by atoms with E-state index in [4.69, 9.17) is 15.2 Å². The van der Waals surface area contributed by atoms with Crippen LogP contribution in [0.2, 0.25) is 0 Å². The van der Waals surface area contributed by atoms with Crippen LogP contribution < -0.4 is 15.2 Å². The van der Waals surface area contributed by atoms with E-state index < -0.39 is 5.60 Å². The minimum absolute atomic E-state index is 0.0114. The molecule has 0 saturated carbocycles. The molecule has 0 saturated heterocycles. The van der Waals surface area contributed by atoms with Crippen molar-refractivity contribution in [1.29, 1.82) is 5.26 Å². The second kappa shape index (κ2) is 6.01. The summed E-state index contributed by atoms with van der Waals surface area (Å²) in [5.41, 5.74) is 9.50. The Labute approximate surface area is 168 Å². The first-order chi connectivity index (χ1) is 14.0. The second-order valence-corrected chi connectivity index (χ2v) is 7.18. The van der Waals surface area contributed by atoms with Crippen LogP contribution in [-0.4, -0.2) is 9.78 Å². The Kier molecular flexibility index (Phi) is 3.55. The third-order valence-corrected chi connectivity index (χ3v) is 5.26. The van der Waals surface area contributed by atoms with Crippen molar-refractivity contribution in [2.75, 3.05) is 0 Å². The fourth-order valence-corrected chi connectivity index (χ4v) is 3.95. The lowest BCUT2D eigenvalue weighted by atomic mass is 9.82. The number of rotatable bonds is 1. The third kappa shape index (κ3) is 2.38. The Morgan fingerprint density at radius 1 is 1.14 bits per heavy atom. The highest BCUT2D eigenvalue weighted by Gasteiger charge is 2.50. The van der Waals surface area contributed by atoms with Gasteiger partial charge in [-0.15, -0.1) is 0 Å². The third-order valence-electron chi connectivity index (χ3n) is 5.26. The maximum atomic E-state index is 9.90. The van der Waals surface area contributed by atoms with Crippen LogP contribution in [0.15, 0.2) is 66.1 Å². The first-order valence-corrected chi connectivity index (χ1v) is 9.26. The normalized spacial score (nSPS) is 19.2. The molecule has 1 aromatic heterocycles. The van der Waals surface area contributed by atoms with Crippen molar-refractivity contribution in [3.8, 4) is 23.4 Å². The van der Waals surface area contributed by atoms with Crippen LogP contribution in [0.25, 0.3) is 11.8 Å². The second-order valence-electron chi connectivity index (χ2n) is 7.18. The lowest BCUT2D eigenvalue weighted by Crippen LogP contribution is -2.40. The van der Waals surface area contributed by atoms with E-state index in [0.717, 1.165) is 16.8 Å². The van der Waals surface area contributed by atoms with Gasteiger partial charge in [0.1, 0.15) is 17.4 Å². The summed E-state index contributed by atoms with van der Waals surface area (Å²) in [6.07, 6.45) is 3.83. The predicted octanol–water partition coefficient (Wildman–Crippen LogP) is 3.88. The number of ether oxygens (including phenoxy) is 2. The van der Waals surface area contributed by atoms with Gasteiger partial charge < -0.3 is 15.2 Å². The highest BCUT2D eigenvalue weighted by atomic mass is 16.5. The van der Waals surface area contributed by atoms with Crippen LogP contribution in [0.3, 0.4) is 0 Å². The molecule has 29 heavy (non-hydrogen) atoms. The lowest BCUT2D eigenvalue weighted by Gasteiger charge is -2.37.